The molecule has 0 N–H and O–H groups in total. The second kappa shape index (κ2) is 6.70. The molecule has 0 bridgehead atoms. The third-order valence-corrected chi connectivity index (χ3v) is 3.44. The molecule has 0 aliphatic heterocycles. The number of nitrogens with zero attached hydrogens (tertiary/aromatic N) is 2. The highest BCUT2D eigenvalue weighted by Gasteiger charge is 2.36. The standard InChI is InChI=1S/C16H12F6N2O/c1-10-5-6-25-14(10)8-24(9-15(17,18)19)11-3-4-13(23-2)12(7-11)16(20,21)22/h3-7H,8-9H2,1H3. The van der Waals surface area contributed by atoms with Gasteiger partial charge in [0.1, 0.15) is 12.3 Å². The van der Waals surface area contributed by atoms with Crippen molar-refractivity contribution in [3.8, 4) is 0 Å². The highest BCUT2D eigenvalue weighted by molar-refractivity contribution is 5.62. The van der Waals surface area contributed by atoms with Crippen molar-refractivity contribution in [1.82, 2.24) is 0 Å². The van der Waals surface area contributed by atoms with Gasteiger partial charge in [0, 0.05) is 5.69 Å². The molecule has 1 aromatic heterocycles. The molecule has 0 radical (unpaired) electrons. The van der Waals surface area contributed by atoms with Gasteiger partial charge in [0.2, 0.25) is 0 Å². The molecule has 0 aliphatic carbocycles. The predicted molar refractivity (Wildman–Crippen MR) is 78.3 cm³/mol. The molecule has 25 heavy (non-hydrogen) atoms. The molecule has 1 aromatic carbocycles. The fraction of sp³-hybridized carbons (Fsp3) is 0.312. The zero-order valence-electron chi connectivity index (χ0n) is 12.9. The molecule has 134 valence electrons. The van der Waals surface area contributed by atoms with Crippen molar-refractivity contribution in [2.24, 2.45) is 0 Å². The van der Waals surface area contributed by atoms with Gasteiger partial charge in [0.15, 0.2) is 5.69 Å². The molecular weight excluding hydrogens is 350 g/mol. The summed E-state index contributed by atoms with van der Waals surface area (Å²) in [5.74, 6) is 0.215. The molecule has 0 amide bonds. The first-order valence-electron chi connectivity index (χ1n) is 6.94. The minimum Gasteiger partial charge on any atom is -0.467 e. The highest BCUT2D eigenvalue weighted by atomic mass is 19.4. The van der Waals surface area contributed by atoms with Crippen LogP contribution in [-0.2, 0) is 12.7 Å². The largest absolute Gasteiger partial charge is 0.467 e. The lowest BCUT2D eigenvalue weighted by molar-refractivity contribution is -0.136. The summed E-state index contributed by atoms with van der Waals surface area (Å²) < 4.78 is 82.8. The number of benzene rings is 1. The van der Waals surface area contributed by atoms with E-state index < -0.39 is 30.1 Å². The normalized spacial score (nSPS) is 12.1. The van der Waals surface area contributed by atoms with Gasteiger partial charge < -0.3 is 9.32 Å². The van der Waals surface area contributed by atoms with Crippen molar-refractivity contribution in [1.29, 1.82) is 0 Å². The van der Waals surface area contributed by atoms with Crippen molar-refractivity contribution in [3.63, 3.8) is 0 Å². The van der Waals surface area contributed by atoms with Crippen LogP contribution in [0.3, 0.4) is 0 Å². The zero-order chi connectivity index (χ0) is 18.8. The molecule has 0 saturated heterocycles. The molecule has 3 nitrogen and oxygen atoms in total. The maximum Gasteiger partial charge on any atom is 0.407 e. The van der Waals surface area contributed by atoms with Crippen LogP contribution < -0.4 is 4.90 Å². The third kappa shape index (κ3) is 4.68. The van der Waals surface area contributed by atoms with Crippen LogP contribution in [0.25, 0.3) is 4.85 Å². The van der Waals surface area contributed by atoms with Gasteiger partial charge in [-0.15, -0.1) is 0 Å². The molecule has 9 heteroatoms. The number of anilines is 1. The smallest absolute Gasteiger partial charge is 0.407 e. The summed E-state index contributed by atoms with van der Waals surface area (Å²) in [5.41, 5.74) is -1.66. The first-order chi connectivity index (χ1) is 11.5. The van der Waals surface area contributed by atoms with Crippen LogP contribution in [0.4, 0.5) is 37.7 Å². The molecule has 0 aliphatic rings. The number of alkyl halides is 6. The van der Waals surface area contributed by atoms with E-state index in [1.807, 2.05) is 0 Å². The number of halogens is 6. The van der Waals surface area contributed by atoms with Crippen LogP contribution in [0.1, 0.15) is 16.9 Å². The first-order valence-corrected chi connectivity index (χ1v) is 6.94. The Bertz CT molecular complexity index is 785. The maximum atomic E-state index is 13.1. The molecule has 0 spiro atoms. The summed E-state index contributed by atoms with van der Waals surface area (Å²) in [6.45, 7) is 6.60. The Kier molecular flexibility index (Phi) is 5.02. The maximum absolute atomic E-state index is 13.1. The number of aryl methyl sites for hydroxylation is 1. The number of hydrogen-bond acceptors (Lipinski definition) is 2. The molecule has 2 aromatic rings. The molecule has 0 saturated carbocycles. The van der Waals surface area contributed by atoms with Crippen LogP contribution in [-0.4, -0.2) is 12.7 Å². The quantitative estimate of drug-likeness (QED) is 0.512. The van der Waals surface area contributed by atoms with E-state index in [0.717, 1.165) is 17.0 Å². The van der Waals surface area contributed by atoms with E-state index in [4.69, 9.17) is 11.0 Å². The summed E-state index contributed by atoms with van der Waals surface area (Å²) in [7, 11) is 0. The fourth-order valence-corrected chi connectivity index (χ4v) is 2.24. The van der Waals surface area contributed by atoms with E-state index in [9.17, 15) is 26.3 Å². The van der Waals surface area contributed by atoms with Gasteiger partial charge in [-0.1, -0.05) is 6.07 Å². The summed E-state index contributed by atoms with van der Waals surface area (Å²) in [4.78, 5) is 3.50. The highest BCUT2D eigenvalue weighted by Crippen LogP contribution is 2.39. The number of rotatable bonds is 4. The summed E-state index contributed by atoms with van der Waals surface area (Å²) in [6.07, 6.45) is -8.18. The Labute approximate surface area is 139 Å². The van der Waals surface area contributed by atoms with Crippen LogP contribution >= 0.6 is 0 Å². The predicted octanol–water partition coefficient (Wildman–Crippen LogP) is 5.73. The Hall–Kier alpha value is -2.63. The second-order valence-electron chi connectivity index (χ2n) is 5.31. The van der Waals surface area contributed by atoms with Crippen molar-refractivity contribution >= 4 is 11.4 Å². The van der Waals surface area contributed by atoms with Crippen molar-refractivity contribution in [2.75, 3.05) is 11.4 Å². The van der Waals surface area contributed by atoms with Crippen LogP contribution in [0.2, 0.25) is 0 Å². The van der Waals surface area contributed by atoms with Gasteiger partial charge in [0.05, 0.1) is 24.9 Å². The number of furan rings is 1. The minimum absolute atomic E-state index is 0.215. The fourth-order valence-electron chi connectivity index (χ4n) is 2.24. The Balaban J connectivity index is 2.47. The van der Waals surface area contributed by atoms with Crippen LogP contribution in [0, 0.1) is 13.5 Å². The van der Waals surface area contributed by atoms with Crippen molar-refractivity contribution in [3.05, 3.63) is 58.8 Å². The monoisotopic (exact) mass is 362 g/mol. The summed E-state index contributed by atoms with van der Waals surface area (Å²) >= 11 is 0. The average molecular weight is 362 g/mol. The van der Waals surface area contributed by atoms with E-state index in [1.165, 1.54) is 6.26 Å². The molecule has 1 heterocycles. The van der Waals surface area contributed by atoms with Crippen LogP contribution in [0.15, 0.2) is 34.9 Å². The zero-order valence-corrected chi connectivity index (χ0v) is 12.9. The van der Waals surface area contributed by atoms with Gasteiger partial charge in [-0.25, -0.2) is 4.85 Å². The Morgan fingerprint density at radius 3 is 2.28 bits per heavy atom. The topological polar surface area (TPSA) is 20.7 Å². The van der Waals surface area contributed by atoms with Crippen molar-refractivity contribution < 1.29 is 30.8 Å². The lowest BCUT2D eigenvalue weighted by Crippen LogP contribution is -2.34. The van der Waals surface area contributed by atoms with E-state index in [2.05, 4.69) is 4.85 Å². The lowest BCUT2D eigenvalue weighted by Gasteiger charge is -2.26. The lowest BCUT2D eigenvalue weighted by atomic mass is 10.1. The second-order valence-corrected chi connectivity index (χ2v) is 5.31. The Morgan fingerprint density at radius 1 is 1.12 bits per heavy atom. The van der Waals surface area contributed by atoms with E-state index in [-0.39, 0.29) is 18.0 Å². The first kappa shape index (κ1) is 18.7. The number of hydrogen-bond donors (Lipinski definition) is 0. The molecule has 2 rings (SSSR count). The molecule has 0 fully saturated rings. The summed E-state index contributed by atoms with van der Waals surface area (Å²) in [6, 6.07) is 4.03. The summed E-state index contributed by atoms with van der Waals surface area (Å²) in [5, 5.41) is 0. The minimum atomic E-state index is -4.85. The van der Waals surface area contributed by atoms with Crippen molar-refractivity contribution in [2.45, 2.75) is 25.8 Å². The van der Waals surface area contributed by atoms with E-state index in [1.54, 1.807) is 13.0 Å². The SMILES string of the molecule is [C-]#[N+]c1ccc(N(Cc2occc2C)CC(F)(F)F)cc1C(F)(F)F. The van der Waals surface area contributed by atoms with Gasteiger partial charge in [-0.2, -0.15) is 26.3 Å². The van der Waals surface area contributed by atoms with Gasteiger partial charge in [-0.3, -0.25) is 0 Å². The van der Waals surface area contributed by atoms with Gasteiger partial charge >= 0.3 is 12.4 Å². The van der Waals surface area contributed by atoms with Gasteiger partial charge in [-0.05, 0) is 30.7 Å². The molecule has 0 unspecified atom stereocenters. The van der Waals surface area contributed by atoms with Crippen LogP contribution in [0.5, 0.6) is 0 Å². The molecular formula is C16H12F6N2O. The third-order valence-electron chi connectivity index (χ3n) is 3.44. The van der Waals surface area contributed by atoms with E-state index >= 15 is 0 Å². The van der Waals surface area contributed by atoms with Gasteiger partial charge in [0.25, 0.3) is 0 Å². The molecule has 0 atom stereocenters. The Morgan fingerprint density at radius 2 is 1.80 bits per heavy atom. The average Bonchev–Trinajstić information content (AvgIpc) is 2.89. The van der Waals surface area contributed by atoms with E-state index in [0.29, 0.717) is 11.6 Å².